The third-order valence-electron chi connectivity index (χ3n) is 2.93. The SMILES string of the molecule is CN(CC(C)(C)O)C(=O)NC(c1cccs1)C(C)(C)C. The Morgan fingerprint density at radius 1 is 1.40 bits per heavy atom. The first-order valence-corrected chi connectivity index (χ1v) is 7.66. The minimum Gasteiger partial charge on any atom is -0.389 e. The average Bonchev–Trinajstić information content (AvgIpc) is 2.74. The van der Waals surface area contributed by atoms with Crippen LogP contribution in [-0.4, -0.2) is 35.2 Å². The molecule has 0 aliphatic rings. The van der Waals surface area contributed by atoms with E-state index in [1.807, 2.05) is 17.5 Å². The van der Waals surface area contributed by atoms with Gasteiger partial charge >= 0.3 is 6.03 Å². The molecule has 1 unspecified atom stereocenters. The van der Waals surface area contributed by atoms with Crippen LogP contribution in [0.1, 0.15) is 45.5 Å². The molecule has 20 heavy (non-hydrogen) atoms. The molecule has 5 heteroatoms. The Kier molecular flexibility index (Phi) is 5.21. The van der Waals surface area contributed by atoms with E-state index in [9.17, 15) is 9.90 Å². The molecule has 0 aliphatic carbocycles. The number of nitrogens with one attached hydrogen (secondary N) is 1. The van der Waals surface area contributed by atoms with Gasteiger partial charge in [-0.1, -0.05) is 26.8 Å². The Balaban J connectivity index is 2.79. The highest BCUT2D eigenvalue weighted by Crippen LogP contribution is 2.35. The van der Waals surface area contributed by atoms with Crippen molar-refractivity contribution in [3.8, 4) is 0 Å². The highest BCUT2D eigenvalue weighted by molar-refractivity contribution is 7.10. The maximum absolute atomic E-state index is 12.3. The largest absolute Gasteiger partial charge is 0.389 e. The summed E-state index contributed by atoms with van der Waals surface area (Å²) < 4.78 is 0. The van der Waals surface area contributed by atoms with Gasteiger partial charge in [-0.3, -0.25) is 0 Å². The topological polar surface area (TPSA) is 52.6 Å². The molecule has 0 aromatic carbocycles. The normalized spacial score (nSPS) is 13.9. The quantitative estimate of drug-likeness (QED) is 0.896. The molecule has 1 heterocycles. The number of carbonyl (C=O) groups excluding carboxylic acids is 1. The van der Waals surface area contributed by atoms with Gasteiger partial charge in [-0.05, 0) is 30.7 Å². The van der Waals surface area contributed by atoms with Crippen molar-refractivity contribution in [2.24, 2.45) is 5.41 Å². The minimum absolute atomic E-state index is 0.0424. The van der Waals surface area contributed by atoms with Crippen LogP contribution in [0, 0.1) is 5.41 Å². The van der Waals surface area contributed by atoms with Crippen molar-refractivity contribution in [1.29, 1.82) is 0 Å². The number of rotatable bonds is 4. The van der Waals surface area contributed by atoms with Gasteiger partial charge in [0.15, 0.2) is 0 Å². The van der Waals surface area contributed by atoms with Crippen LogP contribution in [0.2, 0.25) is 0 Å². The van der Waals surface area contributed by atoms with Crippen LogP contribution in [-0.2, 0) is 0 Å². The molecule has 114 valence electrons. The Morgan fingerprint density at radius 3 is 2.40 bits per heavy atom. The molecular formula is C15H26N2O2S. The number of aliphatic hydroxyl groups is 1. The highest BCUT2D eigenvalue weighted by atomic mass is 32.1. The Labute approximate surface area is 125 Å². The second kappa shape index (κ2) is 6.14. The summed E-state index contributed by atoms with van der Waals surface area (Å²) in [6.07, 6.45) is 0. The fourth-order valence-electron chi connectivity index (χ4n) is 2.06. The third kappa shape index (κ3) is 5.13. The zero-order valence-corrected chi connectivity index (χ0v) is 14.0. The highest BCUT2D eigenvalue weighted by Gasteiger charge is 2.30. The first-order chi connectivity index (χ1) is 9.00. The summed E-state index contributed by atoms with van der Waals surface area (Å²) >= 11 is 1.64. The molecule has 0 saturated carbocycles. The van der Waals surface area contributed by atoms with Crippen LogP contribution in [0.4, 0.5) is 4.79 Å². The van der Waals surface area contributed by atoms with Crippen LogP contribution in [0.25, 0.3) is 0 Å². The van der Waals surface area contributed by atoms with Crippen LogP contribution in [0.5, 0.6) is 0 Å². The van der Waals surface area contributed by atoms with Crippen LogP contribution in [0.3, 0.4) is 0 Å². The van der Waals surface area contributed by atoms with Crippen molar-refractivity contribution in [3.63, 3.8) is 0 Å². The Bertz CT molecular complexity index is 430. The number of amides is 2. The van der Waals surface area contributed by atoms with E-state index < -0.39 is 5.60 Å². The lowest BCUT2D eigenvalue weighted by atomic mass is 9.86. The van der Waals surface area contributed by atoms with Crippen molar-refractivity contribution in [3.05, 3.63) is 22.4 Å². The van der Waals surface area contributed by atoms with Gasteiger partial charge in [-0.25, -0.2) is 4.79 Å². The lowest BCUT2D eigenvalue weighted by molar-refractivity contribution is 0.0520. The molecule has 2 amide bonds. The van der Waals surface area contributed by atoms with Crippen LogP contribution >= 0.6 is 11.3 Å². The molecule has 0 aliphatic heterocycles. The lowest BCUT2D eigenvalue weighted by Gasteiger charge is -2.33. The molecule has 0 spiro atoms. The van der Waals surface area contributed by atoms with Gasteiger partial charge in [0.25, 0.3) is 0 Å². The van der Waals surface area contributed by atoms with Gasteiger partial charge in [-0.15, -0.1) is 11.3 Å². The van der Waals surface area contributed by atoms with Gasteiger partial charge in [0.1, 0.15) is 0 Å². The number of nitrogens with zero attached hydrogens (tertiary/aromatic N) is 1. The first kappa shape index (κ1) is 17.0. The lowest BCUT2D eigenvalue weighted by Crippen LogP contribution is -2.47. The van der Waals surface area contributed by atoms with E-state index >= 15 is 0 Å². The molecule has 1 aromatic rings. The molecule has 0 radical (unpaired) electrons. The summed E-state index contributed by atoms with van der Waals surface area (Å²) in [4.78, 5) is 14.9. The van der Waals surface area contributed by atoms with Gasteiger partial charge < -0.3 is 15.3 Å². The Hall–Kier alpha value is -1.07. The predicted octanol–water partition coefficient (Wildman–Crippen LogP) is 3.25. The number of likely N-dealkylation sites (N-methyl/N-ethyl adjacent to an activating group) is 1. The van der Waals surface area contributed by atoms with E-state index in [0.717, 1.165) is 4.88 Å². The van der Waals surface area contributed by atoms with E-state index in [1.54, 1.807) is 32.2 Å². The van der Waals surface area contributed by atoms with E-state index in [1.165, 1.54) is 4.90 Å². The molecule has 0 bridgehead atoms. The third-order valence-corrected chi connectivity index (χ3v) is 3.87. The second-order valence-corrected chi connectivity index (χ2v) is 7.91. The molecule has 4 nitrogen and oxygen atoms in total. The molecule has 0 saturated heterocycles. The maximum atomic E-state index is 12.3. The van der Waals surface area contributed by atoms with E-state index in [-0.39, 0.29) is 17.5 Å². The predicted molar refractivity (Wildman–Crippen MR) is 84.0 cm³/mol. The summed E-state index contributed by atoms with van der Waals surface area (Å²) in [5.74, 6) is 0. The molecular weight excluding hydrogens is 272 g/mol. The number of thiophene rings is 1. The van der Waals surface area contributed by atoms with Gasteiger partial charge in [0, 0.05) is 11.9 Å². The fourth-order valence-corrected chi connectivity index (χ4v) is 3.08. The fraction of sp³-hybridized carbons (Fsp3) is 0.667. The smallest absolute Gasteiger partial charge is 0.317 e. The van der Waals surface area contributed by atoms with Crippen molar-refractivity contribution in [2.45, 2.75) is 46.3 Å². The second-order valence-electron chi connectivity index (χ2n) is 6.93. The zero-order valence-electron chi connectivity index (χ0n) is 13.2. The molecule has 1 aromatic heterocycles. The standard InChI is InChI=1S/C15H26N2O2S/c1-14(2,3)12(11-8-7-9-20-11)16-13(18)17(6)10-15(4,5)19/h7-9,12,19H,10H2,1-6H3,(H,16,18). The number of hydrogen-bond donors (Lipinski definition) is 2. The monoisotopic (exact) mass is 298 g/mol. The van der Waals surface area contributed by atoms with Gasteiger partial charge in [0.05, 0.1) is 18.2 Å². The molecule has 0 fully saturated rings. The van der Waals surface area contributed by atoms with E-state index in [0.29, 0.717) is 6.54 Å². The molecule has 2 N–H and O–H groups in total. The summed E-state index contributed by atoms with van der Waals surface area (Å²) in [6.45, 7) is 9.99. The summed E-state index contributed by atoms with van der Waals surface area (Å²) in [5.41, 5.74) is -0.970. The first-order valence-electron chi connectivity index (χ1n) is 6.78. The molecule has 1 atom stereocenters. The number of hydrogen-bond acceptors (Lipinski definition) is 3. The van der Waals surface area contributed by atoms with Crippen molar-refractivity contribution in [1.82, 2.24) is 10.2 Å². The number of urea groups is 1. The van der Waals surface area contributed by atoms with Crippen molar-refractivity contribution < 1.29 is 9.90 Å². The zero-order chi connectivity index (χ0) is 15.6. The van der Waals surface area contributed by atoms with E-state index in [4.69, 9.17) is 0 Å². The maximum Gasteiger partial charge on any atom is 0.317 e. The number of carbonyl (C=O) groups is 1. The van der Waals surface area contributed by atoms with Gasteiger partial charge in [-0.2, -0.15) is 0 Å². The Morgan fingerprint density at radius 2 is 2.00 bits per heavy atom. The summed E-state index contributed by atoms with van der Waals surface area (Å²) in [7, 11) is 1.70. The van der Waals surface area contributed by atoms with Crippen molar-refractivity contribution >= 4 is 17.4 Å². The van der Waals surface area contributed by atoms with Gasteiger partial charge in [0.2, 0.25) is 0 Å². The van der Waals surface area contributed by atoms with Crippen LogP contribution in [0.15, 0.2) is 17.5 Å². The average molecular weight is 298 g/mol. The van der Waals surface area contributed by atoms with Crippen LogP contribution < -0.4 is 5.32 Å². The van der Waals surface area contributed by atoms with Crippen molar-refractivity contribution in [2.75, 3.05) is 13.6 Å². The van der Waals surface area contributed by atoms with E-state index in [2.05, 4.69) is 26.1 Å². The minimum atomic E-state index is -0.897. The molecule has 1 rings (SSSR count). The summed E-state index contributed by atoms with van der Waals surface area (Å²) in [5, 5.41) is 14.9. The summed E-state index contributed by atoms with van der Waals surface area (Å²) in [6, 6.07) is 3.82.